The third-order valence-corrected chi connectivity index (χ3v) is 2.90. The molecule has 0 aromatic heterocycles. The summed E-state index contributed by atoms with van der Waals surface area (Å²) in [5.74, 6) is -2.21. The Balaban J connectivity index is 3.11. The minimum absolute atomic E-state index is 0.110. The predicted molar refractivity (Wildman–Crippen MR) is 68.2 cm³/mol. The van der Waals surface area contributed by atoms with Crippen molar-refractivity contribution >= 4 is 11.9 Å². The fraction of sp³-hybridized carbons (Fsp3) is 0.385. The number of phenolic OH excluding ortho intramolecular Hbond substituents is 2. The molecule has 1 aromatic carbocycles. The Morgan fingerprint density at radius 1 is 1.32 bits per heavy atom. The zero-order chi connectivity index (χ0) is 14.6. The highest BCUT2D eigenvalue weighted by Gasteiger charge is 2.25. The number of aromatic hydroxyl groups is 2. The molecule has 0 fully saturated rings. The SMILES string of the molecule is CCC(C)N(CC(=O)O)C(=O)c1cc(O)ccc1O. The van der Waals surface area contributed by atoms with Gasteiger partial charge in [-0.2, -0.15) is 0 Å². The minimum Gasteiger partial charge on any atom is -0.508 e. The van der Waals surface area contributed by atoms with Crippen molar-refractivity contribution in [3.8, 4) is 11.5 Å². The molecule has 0 bridgehead atoms. The second-order valence-electron chi connectivity index (χ2n) is 4.29. The topological polar surface area (TPSA) is 98.1 Å². The van der Waals surface area contributed by atoms with E-state index in [1.54, 1.807) is 6.92 Å². The fourth-order valence-electron chi connectivity index (χ4n) is 1.64. The van der Waals surface area contributed by atoms with E-state index in [0.717, 1.165) is 11.0 Å². The lowest BCUT2D eigenvalue weighted by molar-refractivity contribution is -0.138. The predicted octanol–water partition coefficient (Wildman–Crippen LogP) is 1.42. The Bertz CT molecular complexity index is 486. The lowest BCUT2D eigenvalue weighted by atomic mass is 10.1. The molecule has 0 spiro atoms. The van der Waals surface area contributed by atoms with Crippen LogP contribution in [0.3, 0.4) is 0 Å². The number of aliphatic carboxylic acids is 1. The number of carboxylic acids is 1. The number of rotatable bonds is 5. The van der Waals surface area contributed by atoms with E-state index < -0.39 is 18.4 Å². The Morgan fingerprint density at radius 3 is 2.47 bits per heavy atom. The molecule has 6 heteroatoms. The van der Waals surface area contributed by atoms with Gasteiger partial charge in [-0.25, -0.2) is 0 Å². The maximum atomic E-state index is 12.2. The largest absolute Gasteiger partial charge is 0.508 e. The zero-order valence-corrected chi connectivity index (χ0v) is 10.8. The van der Waals surface area contributed by atoms with Crippen molar-refractivity contribution in [1.82, 2.24) is 4.90 Å². The van der Waals surface area contributed by atoms with Gasteiger partial charge in [0.1, 0.15) is 18.0 Å². The normalized spacial score (nSPS) is 11.9. The first-order chi connectivity index (χ1) is 8.86. The van der Waals surface area contributed by atoms with Crippen LogP contribution in [0.2, 0.25) is 0 Å². The summed E-state index contributed by atoms with van der Waals surface area (Å²) in [5.41, 5.74) is -0.110. The fourth-order valence-corrected chi connectivity index (χ4v) is 1.64. The first-order valence-corrected chi connectivity index (χ1v) is 5.91. The quantitative estimate of drug-likeness (QED) is 0.701. The van der Waals surface area contributed by atoms with Crippen LogP contribution in [0.1, 0.15) is 30.6 Å². The molecule has 1 aromatic rings. The van der Waals surface area contributed by atoms with E-state index in [2.05, 4.69) is 0 Å². The molecule has 3 N–H and O–H groups in total. The van der Waals surface area contributed by atoms with Gasteiger partial charge in [0.25, 0.3) is 5.91 Å². The molecule has 1 atom stereocenters. The highest BCUT2D eigenvalue weighted by Crippen LogP contribution is 2.24. The van der Waals surface area contributed by atoms with Gasteiger partial charge in [0.05, 0.1) is 5.56 Å². The second-order valence-corrected chi connectivity index (χ2v) is 4.29. The molecule has 1 unspecified atom stereocenters. The van der Waals surface area contributed by atoms with E-state index in [9.17, 15) is 19.8 Å². The Labute approximate surface area is 110 Å². The summed E-state index contributed by atoms with van der Waals surface area (Å²) in [6.07, 6.45) is 0.582. The number of phenols is 2. The third-order valence-electron chi connectivity index (χ3n) is 2.90. The summed E-state index contributed by atoms with van der Waals surface area (Å²) in [5, 5.41) is 27.8. The molecule has 0 aliphatic heterocycles. The van der Waals surface area contributed by atoms with Gasteiger partial charge in [0.15, 0.2) is 0 Å². The van der Waals surface area contributed by atoms with Crippen molar-refractivity contribution in [3.05, 3.63) is 23.8 Å². The Kier molecular flexibility index (Phi) is 4.74. The van der Waals surface area contributed by atoms with Gasteiger partial charge in [-0.05, 0) is 31.5 Å². The second kappa shape index (κ2) is 6.08. The van der Waals surface area contributed by atoms with E-state index in [1.165, 1.54) is 12.1 Å². The summed E-state index contributed by atoms with van der Waals surface area (Å²) >= 11 is 0. The molecule has 0 heterocycles. The van der Waals surface area contributed by atoms with Gasteiger partial charge >= 0.3 is 5.97 Å². The van der Waals surface area contributed by atoms with Crippen LogP contribution in [-0.2, 0) is 4.79 Å². The molecule has 1 rings (SSSR count). The van der Waals surface area contributed by atoms with E-state index >= 15 is 0 Å². The van der Waals surface area contributed by atoms with Crippen LogP contribution in [0.4, 0.5) is 0 Å². The number of carboxylic acid groups (broad SMARTS) is 1. The van der Waals surface area contributed by atoms with Gasteiger partial charge in [-0.15, -0.1) is 0 Å². The summed E-state index contributed by atoms with van der Waals surface area (Å²) in [4.78, 5) is 24.2. The van der Waals surface area contributed by atoms with Gasteiger partial charge in [-0.1, -0.05) is 6.92 Å². The van der Waals surface area contributed by atoms with Crippen molar-refractivity contribution < 1.29 is 24.9 Å². The lowest BCUT2D eigenvalue weighted by Gasteiger charge is -2.27. The van der Waals surface area contributed by atoms with Gasteiger partial charge < -0.3 is 20.2 Å². The summed E-state index contributed by atoms with van der Waals surface area (Å²) < 4.78 is 0. The average molecular weight is 267 g/mol. The molecule has 0 radical (unpaired) electrons. The molecule has 0 aliphatic rings. The Morgan fingerprint density at radius 2 is 1.95 bits per heavy atom. The Hall–Kier alpha value is -2.24. The van der Waals surface area contributed by atoms with Crippen LogP contribution >= 0.6 is 0 Å². The monoisotopic (exact) mass is 267 g/mol. The van der Waals surface area contributed by atoms with Crippen LogP contribution in [0, 0.1) is 0 Å². The number of benzene rings is 1. The van der Waals surface area contributed by atoms with E-state index in [0.29, 0.717) is 6.42 Å². The van der Waals surface area contributed by atoms with Crippen molar-refractivity contribution in [2.24, 2.45) is 0 Å². The molecule has 0 aliphatic carbocycles. The molecule has 104 valence electrons. The third kappa shape index (κ3) is 3.61. The summed E-state index contributed by atoms with van der Waals surface area (Å²) in [7, 11) is 0. The first-order valence-electron chi connectivity index (χ1n) is 5.91. The van der Waals surface area contributed by atoms with Crippen LogP contribution < -0.4 is 0 Å². The smallest absolute Gasteiger partial charge is 0.323 e. The molecule has 0 saturated heterocycles. The first kappa shape index (κ1) is 14.8. The number of hydrogen-bond acceptors (Lipinski definition) is 4. The number of hydrogen-bond donors (Lipinski definition) is 3. The highest BCUT2D eigenvalue weighted by atomic mass is 16.4. The van der Waals surface area contributed by atoms with Gasteiger partial charge in [-0.3, -0.25) is 9.59 Å². The maximum absolute atomic E-state index is 12.2. The van der Waals surface area contributed by atoms with Crippen molar-refractivity contribution in [2.75, 3.05) is 6.54 Å². The molecule has 19 heavy (non-hydrogen) atoms. The maximum Gasteiger partial charge on any atom is 0.323 e. The highest BCUT2D eigenvalue weighted by molar-refractivity contribution is 5.98. The van der Waals surface area contributed by atoms with E-state index in [1.807, 2.05) is 6.92 Å². The number of amides is 1. The van der Waals surface area contributed by atoms with Crippen molar-refractivity contribution in [3.63, 3.8) is 0 Å². The van der Waals surface area contributed by atoms with Crippen LogP contribution in [0.25, 0.3) is 0 Å². The van der Waals surface area contributed by atoms with Crippen LogP contribution in [-0.4, -0.2) is 44.7 Å². The number of carbonyl (C=O) groups excluding carboxylic acids is 1. The standard InChI is InChI=1S/C13H17NO5/c1-3-8(2)14(7-12(17)18)13(19)10-6-9(15)4-5-11(10)16/h4-6,8,15-16H,3,7H2,1-2H3,(H,17,18). The average Bonchev–Trinajstić information content (AvgIpc) is 2.37. The minimum atomic E-state index is -1.13. The van der Waals surface area contributed by atoms with Gasteiger partial charge in [0.2, 0.25) is 0 Å². The molecular formula is C13H17NO5. The van der Waals surface area contributed by atoms with Crippen molar-refractivity contribution in [1.29, 1.82) is 0 Å². The molecule has 6 nitrogen and oxygen atoms in total. The summed E-state index contributed by atoms with van der Waals surface area (Å²) in [6, 6.07) is 3.27. The molecule has 0 saturated carbocycles. The van der Waals surface area contributed by atoms with Crippen LogP contribution in [0.15, 0.2) is 18.2 Å². The van der Waals surface area contributed by atoms with E-state index in [-0.39, 0.29) is 23.1 Å². The number of nitrogens with zero attached hydrogens (tertiary/aromatic N) is 1. The lowest BCUT2D eigenvalue weighted by Crippen LogP contribution is -2.41. The molecule has 1 amide bonds. The zero-order valence-electron chi connectivity index (χ0n) is 10.8. The van der Waals surface area contributed by atoms with Crippen molar-refractivity contribution in [2.45, 2.75) is 26.3 Å². The molecular weight excluding hydrogens is 250 g/mol. The van der Waals surface area contributed by atoms with Gasteiger partial charge in [0, 0.05) is 6.04 Å². The summed E-state index contributed by atoms with van der Waals surface area (Å²) in [6.45, 7) is 3.10. The van der Waals surface area contributed by atoms with Crippen LogP contribution in [0.5, 0.6) is 11.5 Å². The van der Waals surface area contributed by atoms with E-state index in [4.69, 9.17) is 5.11 Å². The number of carbonyl (C=O) groups is 2.